The SMILES string of the molecule is CCNc1nc(C(=O)O)nc2c1CNCC2. The third-order valence-electron chi connectivity index (χ3n) is 2.47. The van der Waals surface area contributed by atoms with Crippen molar-refractivity contribution in [2.24, 2.45) is 0 Å². The predicted molar refractivity (Wildman–Crippen MR) is 58.6 cm³/mol. The summed E-state index contributed by atoms with van der Waals surface area (Å²) in [7, 11) is 0. The van der Waals surface area contributed by atoms with Gasteiger partial charge in [-0.05, 0) is 6.92 Å². The number of nitrogens with one attached hydrogen (secondary N) is 2. The van der Waals surface area contributed by atoms with Gasteiger partial charge in [-0.1, -0.05) is 0 Å². The number of aromatic carboxylic acids is 1. The molecule has 0 aliphatic carbocycles. The highest BCUT2D eigenvalue weighted by molar-refractivity contribution is 5.83. The highest BCUT2D eigenvalue weighted by atomic mass is 16.4. The molecule has 6 nitrogen and oxygen atoms in total. The average molecular weight is 222 g/mol. The number of hydrogen-bond donors (Lipinski definition) is 3. The van der Waals surface area contributed by atoms with Gasteiger partial charge < -0.3 is 15.7 Å². The van der Waals surface area contributed by atoms with Crippen molar-refractivity contribution in [2.45, 2.75) is 19.9 Å². The first-order chi connectivity index (χ1) is 7.72. The molecule has 1 aliphatic heterocycles. The van der Waals surface area contributed by atoms with Gasteiger partial charge in [0.2, 0.25) is 5.82 Å². The summed E-state index contributed by atoms with van der Waals surface area (Å²) in [6.45, 7) is 4.18. The molecule has 0 atom stereocenters. The summed E-state index contributed by atoms with van der Waals surface area (Å²) in [6, 6.07) is 0. The Kier molecular flexibility index (Phi) is 3.00. The molecule has 0 saturated carbocycles. The summed E-state index contributed by atoms with van der Waals surface area (Å²) in [5, 5.41) is 15.2. The molecule has 0 amide bonds. The van der Waals surface area contributed by atoms with Crippen LogP contribution in [0.2, 0.25) is 0 Å². The first-order valence-corrected chi connectivity index (χ1v) is 5.30. The number of hydrogen-bond acceptors (Lipinski definition) is 5. The molecule has 0 aromatic carbocycles. The van der Waals surface area contributed by atoms with Gasteiger partial charge in [0.1, 0.15) is 5.82 Å². The van der Waals surface area contributed by atoms with Crippen LogP contribution in [0.4, 0.5) is 5.82 Å². The van der Waals surface area contributed by atoms with Crippen LogP contribution < -0.4 is 10.6 Å². The Morgan fingerprint density at radius 3 is 3.06 bits per heavy atom. The molecule has 86 valence electrons. The van der Waals surface area contributed by atoms with Crippen molar-refractivity contribution in [1.82, 2.24) is 15.3 Å². The van der Waals surface area contributed by atoms with Gasteiger partial charge >= 0.3 is 5.97 Å². The van der Waals surface area contributed by atoms with Crippen LogP contribution in [-0.4, -0.2) is 34.1 Å². The van der Waals surface area contributed by atoms with Crippen LogP contribution in [0, 0.1) is 0 Å². The maximum absolute atomic E-state index is 10.9. The third-order valence-corrected chi connectivity index (χ3v) is 2.47. The van der Waals surface area contributed by atoms with Crippen LogP contribution >= 0.6 is 0 Å². The highest BCUT2D eigenvalue weighted by Gasteiger charge is 2.19. The molecule has 0 radical (unpaired) electrons. The van der Waals surface area contributed by atoms with Crippen molar-refractivity contribution in [3.63, 3.8) is 0 Å². The van der Waals surface area contributed by atoms with E-state index in [1.807, 2.05) is 6.92 Å². The summed E-state index contributed by atoms with van der Waals surface area (Å²) in [4.78, 5) is 19.0. The van der Waals surface area contributed by atoms with Gasteiger partial charge in [-0.2, -0.15) is 0 Å². The van der Waals surface area contributed by atoms with Gasteiger partial charge in [0.25, 0.3) is 0 Å². The third kappa shape index (κ3) is 1.96. The number of carbonyl (C=O) groups is 1. The molecule has 0 spiro atoms. The van der Waals surface area contributed by atoms with E-state index in [2.05, 4.69) is 20.6 Å². The molecule has 1 aliphatic rings. The molecule has 3 N–H and O–H groups in total. The number of anilines is 1. The van der Waals surface area contributed by atoms with Crippen molar-refractivity contribution in [3.05, 3.63) is 17.1 Å². The lowest BCUT2D eigenvalue weighted by Crippen LogP contribution is -2.27. The monoisotopic (exact) mass is 222 g/mol. The van der Waals surface area contributed by atoms with Crippen LogP contribution in [0.5, 0.6) is 0 Å². The molecule has 1 aromatic rings. The maximum atomic E-state index is 10.9. The van der Waals surface area contributed by atoms with Gasteiger partial charge in [0.15, 0.2) is 0 Å². The zero-order valence-electron chi connectivity index (χ0n) is 9.08. The summed E-state index contributed by atoms with van der Waals surface area (Å²) in [5.41, 5.74) is 1.82. The van der Waals surface area contributed by atoms with E-state index in [1.54, 1.807) is 0 Å². The van der Waals surface area contributed by atoms with Crippen molar-refractivity contribution in [3.8, 4) is 0 Å². The second kappa shape index (κ2) is 4.44. The molecular weight excluding hydrogens is 208 g/mol. The van der Waals surface area contributed by atoms with E-state index < -0.39 is 5.97 Å². The van der Waals surface area contributed by atoms with E-state index in [4.69, 9.17) is 5.11 Å². The number of fused-ring (bicyclic) bond motifs is 1. The zero-order valence-corrected chi connectivity index (χ0v) is 9.08. The van der Waals surface area contributed by atoms with Crippen LogP contribution in [0.25, 0.3) is 0 Å². The van der Waals surface area contributed by atoms with E-state index in [0.717, 1.165) is 24.2 Å². The highest BCUT2D eigenvalue weighted by Crippen LogP contribution is 2.19. The average Bonchev–Trinajstić information content (AvgIpc) is 2.29. The number of rotatable bonds is 3. The van der Waals surface area contributed by atoms with Gasteiger partial charge in [0, 0.05) is 31.6 Å². The Labute approximate surface area is 93.1 Å². The summed E-state index contributed by atoms with van der Waals surface area (Å²) < 4.78 is 0. The standard InChI is InChI=1S/C10H14N4O2/c1-2-12-8-6-5-11-4-3-7(6)13-9(14-8)10(15)16/h11H,2-5H2,1H3,(H,15,16)(H,12,13,14). The second-order valence-corrected chi connectivity index (χ2v) is 3.58. The summed E-state index contributed by atoms with van der Waals surface area (Å²) in [6.07, 6.45) is 0.747. The molecule has 2 rings (SSSR count). The summed E-state index contributed by atoms with van der Waals surface area (Å²) >= 11 is 0. The second-order valence-electron chi connectivity index (χ2n) is 3.58. The quantitative estimate of drug-likeness (QED) is 0.679. The van der Waals surface area contributed by atoms with Gasteiger partial charge in [0.05, 0.1) is 5.69 Å². The molecular formula is C10H14N4O2. The minimum atomic E-state index is -1.08. The van der Waals surface area contributed by atoms with Crippen LogP contribution in [0.15, 0.2) is 0 Å². The molecule has 16 heavy (non-hydrogen) atoms. The molecule has 2 heterocycles. The molecule has 0 bridgehead atoms. The van der Waals surface area contributed by atoms with E-state index in [9.17, 15) is 4.79 Å². The first-order valence-electron chi connectivity index (χ1n) is 5.30. The predicted octanol–water partition coefficient (Wildman–Crippen LogP) is 0.252. The van der Waals surface area contributed by atoms with Crippen molar-refractivity contribution >= 4 is 11.8 Å². The first kappa shape index (κ1) is 10.8. The van der Waals surface area contributed by atoms with Crippen LogP contribution in [-0.2, 0) is 13.0 Å². The topological polar surface area (TPSA) is 87.1 Å². The lowest BCUT2D eigenvalue weighted by atomic mass is 10.1. The largest absolute Gasteiger partial charge is 0.475 e. The zero-order chi connectivity index (χ0) is 11.5. The minimum Gasteiger partial charge on any atom is -0.475 e. The van der Waals surface area contributed by atoms with Crippen LogP contribution in [0.3, 0.4) is 0 Å². The van der Waals surface area contributed by atoms with Crippen molar-refractivity contribution in [1.29, 1.82) is 0 Å². The number of nitrogens with zero attached hydrogens (tertiary/aromatic N) is 2. The lowest BCUT2D eigenvalue weighted by Gasteiger charge is -2.19. The lowest BCUT2D eigenvalue weighted by molar-refractivity contribution is 0.0683. The van der Waals surface area contributed by atoms with E-state index >= 15 is 0 Å². The van der Waals surface area contributed by atoms with Gasteiger partial charge in [-0.3, -0.25) is 0 Å². The van der Waals surface area contributed by atoms with Gasteiger partial charge in [-0.15, -0.1) is 0 Å². The number of carboxylic acid groups (broad SMARTS) is 1. The smallest absolute Gasteiger partial charge is 0.374 e. The van der Waals surface area contributed by atoms with Crippen molar-refractivity contribution < 1.29 is 9.90 Å². The Hall–Kier alpha value is -1.69. The van der Waals surface area contributed by atoms with Gasteiger partial charge in [-0.25, -0.2) is 14.8 Å². The molecule has 0 unspecified atom stereocenters. The Morgan fingerprint density at radius 1 is 1.56 bits per heavy atom. The summed E-state index contributed by atoms with van der Waals surface area (Å²) in [5.74, 6) is -0.575. The minimum absolute atomic E-state index is 0.128. The van der Waals surface area contributed by atoms with Crippen molar-refractivity contribution in [2.75, 3.05) is 18.4 Å². The molecule has 0 fully saturated rings. The fourth-order valence-electron chi connectivity index (χ4n) is 1.75. The maximum Gasteiger partial charge on any atom is 0.374 e. The fraction of sp³-hybridized carbons (Fsp3) is 0.500. The number of aromatic nitrogens is 2. The Morgan fingerprint density at radius 2 is 2.38 bits per heavy atom. The molecule has 0 saturated heterocycles. The number of carboxylic acids is 1. The van der Waals surface area contributed by atoms with E-state index in [1.165, 1.54) is 0 Å². The normalized spacial score (nSPS) is 14.3. The fourth-order valence-corrected chi connectivity index (χ4v) is 1.75. The Balaban J connectivity index is 2.47. The van der Waals surface area contributed by atoms with E-state index in [-0.39, 0.29) is 5.82 Å². The Bertz CT molecular complexity index is 420. The molecule has 1 aromatic heterocycles. The van der Waals surface area contributed by atoms with Crippen LogP contribution in [0.1, 0.15) is 28.8 Å². The molecule has 6 heteroatoms. The van der Waals surface area contributed by atoms with E-state index in [0.29, 0.717) is 18.9 Å².